The van der Waals surface area contributed by atoms with Gasteiger partial charge < -0.3 is 10.2 Å². The molecule has 0 saturated carbocycles. The van der Waals surface area contributed by atoms with E-state index in [9.17, 15) is 0 Å². The van der Waals surface area contributed by atoms with Crippen molar-refractivity contribution in [3.8, 4) is 0 Å². The summed E-state index contributed by atoms with van der Waals surface area (Å²) in [6.07, 6.45) is 4.79. The first-order chi connectivity index (χ1) is 12.3. The highest BCUT2D eigenvalue weighted by Gasteiger charge is 2.24. The highest BCUT2D eigenvalue weighted by Crippen LogP contribution is 2.37. The second kappa shape index (κ2) is 5.62. The van der Waals surface area contributed by atoms with Crippen LogP contribution in [0.4, 0.5) is 11.4 Å². The first-order valence-corrected chi connectivity index (χ1v) is 9.06. The van der Waals surface area contributed by atoms with Crippen molar-refractivity contribution in [1.29, 1.82) is 5.41 Å². The third-order valence-electron chi connectivity index (χ3n) is 5.51. The monoisotopic (exact) mass is 327 g/mol. The Morgan fingerprint density at radius 3 is 2.56 bits per heavy atom. The van der Waals surface area contributed by atoms with Crippen molar-refractivity contribution in [1.82, 2.24) is 0 Å². The van der Waals surface area contributed by atoms with Crippen molar-refractivity contribution >= 4 is 28.1 Å². The maximum Gasteiger partial charge on any atom is 0.200 e. The van der Waals surface area contributed by atoms with E-state index in [0.717, 1.165) is 30.8 Å². The van der Waals surface area contributed by atoms with Crippen molar-refractivity contribution in [2.45, 2.75) is 32.2 Å². The minimum Gasteiger partial charge on any atom is -0.326 e. The summed E-state index contributed by atoms with van der Waals surface area (Å²) in [5, 5.41) is 14.6. The predicted molar refractivity (Wildman–Crippen MR) is 105 cm³/mol. The van der Waals surface area contributed by atoms with Crippen LogP contribution in [0.25, 0.3) is 10.8 Å². The Morgan fingerprint density at radius 1 is 0.880 bits per heavy atom. The first kappa shape index (κ1) is 14.5. The Hall–Kier alpha value is -2.81. The minimum absolute atomic E-state index is 0.461. The Balaban J connectivity index is 1.48. The van der Waals surface area contributed by atoms with Crippen molar-refractivity contribution in [3.05, 3.63) is 71.3 Å². The van der Waals surface area contributed by atoms with Crippen LogP contribution in [-0.4, -0.2) is 5.96 Å². The van der Waals surface area contributed by atoms with Gasteiger partial charge in [0.1, 0.15) is 0 Å². The number of nitrogens with zero attached hydrogens (tertiary/aromatic N) is 1. The van der Waals surface area contributed by atoms with E-state index in [0.29, 0.717) is 5.96 Å². The third-order valence-corrected chi connectivity index (χ3v) is 5.51. The van der Waals surface area contributed by atoms with Gasteiger partial charge in [-0.25, -0.2) is 0 Å². The zero-order valence-electron chi connectivity index (χ0n) is 14.2. The molecule has 3 heteroatoms. The van der Waals surface area contributed by atoms with Gasteiger partial charge in [0.05, 0.1) is 12.2 Å². The van der Waals surface area contributed by atoms with Crippen molar-refractivity contribution in [2.24, 2.45) is 0 Å². The molecule has 0 spiro atoms. The molecular formula is C22H21N3. The van der Waals surface area contributed by atoms with Gasteiger partial charge in [0, 0.05) is 11.1 Å². The molecule has 124 valence electrons. The zero-order chi connectivity index (χ0) is 16.8. The topological polar surface area (TPSA) is 39.1 Å². The number of aryl methyl sites for hydroxylation is 1. The van der Waals surface area contributed by atoms with Crippen molar-refractivity contribution in [3.63, 3.8) is 0 Å². The lowest BCUT2D eigenvalue weighted by Crippen LogP contribution is -2.33. The molecule has 1 aliphatic carbocycles. The van der Waals surface area contributed by atoms with Gasteiger partial charge in [0.2, 0.25) is 5.96 Å². The van der Waals surface area contributed by atoms with Gasteiger partial charge >= 0.3 is 0 Å². The van der Waals surface area contributed by atoms with Crippen LogP contribution < -0.4 is 10.2 Å². The molecule has 0 fully saturated rings. The lowest BCUT2D eigenvalue weighted by molar-refractivity contribution is 0.687. The zero-order valence-corrected chi connectivity index (χ0v) is 14.2. The molecule has 5 rings (SSSR count). The first-order valence-electron chi connectivity index (χ1n) is 9.06. The number of hydrogen-bond donors (Lipinski definition) is 2. The van der Waals surface area contributed by atoms with Crippen LogP contribution >= 0.6 is 0 Å². The molecule has 1 heterocycles. The standard InChI is InChI=1S/C22H21N3/c23-22(24-19-12-4-7-15-6-1-2-11-18(15)19)25-14-17-10-3-8-16-9-5-13-20(25)21(16)17/h3-5,7-10,12-13H,1-2,6,11,14H2,(H2,23,24). The van der Waals surface area contributed by atoms with Crippen LogP contribution in [0.15, 0.2) is 54.6 Å². The second-order valence-corrected chi connectivity index (χ2v) is 7.00. The quantitative estimate of drug-likeness (QED) is 0.483. The van der Waals surface area contributed by atoms with E-state index in [2.05, 4.69) is 64.8 Å². The van der Waals surface area contributed by atoms with Gasteiger partial charge in [-0.05, 0) is 59.9 Å². The lowest BCUT2D eigenvalue weighted by atomic mass is 9.90. The SMILES string of the molecule is N=C(Nc1cccc2c1CCCC2)N1Cc2cccc3cccc1c23. The number of guanidine groups is 1. The van der Waals surface area contributed by atoms with Crippen LogP contribution in [0.2, 0.25) is 0 Å². The molecule has 3 aromatic rings. The summed E-state index contributed by atoms with van der Waals surface area (Å²) in [6, 6.07) is 19.2. The average Bonchev–Trinajstić information content (AvgIpc) is 3.03. The van der Waals surface area contributed by atoms with E-state index in [4.69, 9.17) is 5.41 Å². The minimum atomic E-state index is 0.461. The molecule has 0 amide bonds. The van der Waals surface area contributed by atoms with Gasteiger partial charge in [-0.1, -0.05) is 42.5 Å². The van der Waals surface area contributed by atoms with Gasteiger partial charge in [-0.15, -0.1) is 0 Å². The van der Waals surface area contributed by atoms with Gasteiger partial charge in [0.15, 0.2) is 0 Å². The molecule has 0 bridgehead atoms. The summed E-state index contributed by atoms with van der Waals surface area (Å²) in [7, 11) is 0. The Labute approximate surface area is 147 Å². The van der Waals surface area contributed by atoms with Crippen LogP contribution in [-0.2, 0) is 19.4 Å². The molecule has 0 radical (unpaired) electrons. The van der Waals surface area contributed by atoms with Crippen molar-refractivity contribution < 1.29 is 0 Å². The summed E-state index contributed by atoms with van der Waals surface area (Å²) in [5.41, 5.74) is 6.37. The molecule has 0 aromatic heterocycles. The molecule has 3 aromatic carbocycles. The fourth-order valence-electron chi connectivity index (χ4n) is 4.30. The molecule has 2 aliphatic rings. The van der Waals surface area contributed by atoms with E-state index < -0.39 is 0 Å². The molecule has 1 aliphatic heterocycles. The van der Waals surface area contributed by atoms with Crippen LogP contribution in [0.3, 0.4) is 0 Å². The summed E-state index contributed by atoms with van der Waals surface area (Å²) < 4.78 is 0. The smallest absolute Gasteiger partial charge is 0.200 e. The van der Waals surface area contributed by atoms with Gasteiger partial charge in [-0.3, -0.25) is 5.41 Å². The molecule has 25 heavy (non-hydrogen) atoms. The number of hydrogen-bond acceptors (Lipinski definition) is 1. The van der Waals surface area contributed by atoms with E-state index in [1.165, 1.54) is 40.3 Å². The summed E-state index contributed by atoms with van der Waals surface area (Å²) in [6.45, 7) is 0.761. The molecule has 2 N–H and O–H groups in total. The number of rotatable bonds is 1. The van der Waals surface area contributed by atoms with Crippen LogP contribution in [0.1, 0.15) is 29.5 Å². The second-order valence-electron chi connectivity index (χ2n) is 7.00. The van der Waals surface area contributed by atoms with E-state index in [-0.39, 0.29) is 0 Å². The fourth-order valence-corrected chi connectivity index (χ4v) is 4.30. The molecular weight excluding hydrogens is 306 g/mol. The van der Waals surface area contributed by atoms with Crippen LogP contribution in [0, 0.1) is 5.41 Å². The van der Waals surface area contributed by atoms with Gasteiger partial charge in [0.25, 0.3) is 0 Å². The molecule has 0 saturated heterocycles. The molecule has 0 atom stereocenters. The normalized spacial score (nSPS) is 15.3. The van der Waals surface area contributed by atoms with Crippen LogP contribution in [0.5, 0.6) is 0 Å². The maximum atomic E-state index is 8.69. The number of fused-ring (bicyclic) bond motifs is 1. The highest BCUT2D eigenvalue weighted by atomic mass is 15.3. The number of anilines is 2. The van der Waals surface area contributed by atoms with Crippen molar-refractivity contribution in [2.75, 3.05) is 10.2 Å². The number of nitrogens with one attached hydrogen (secondary N) is 2. The summed E-state index contributed by atoms with van der Waals surface area (Å²) >= 11 is 0. The average molecular weight is 327 g/mol. The fraction of sp³-hybridized carbons (Fsp3) is 0.227. The van der Waals surface area contributed by atoms with E-state index in [1.54, 1.807) is 0 Å². The molecule has 3 nitrogen and oxygen atoms in total. The largest absolute Gasteiger partial charge is 0.326 e. The Bertz CT molecular complexity index is 984. The number of benzene rings is 3. The highest BCUT2D eigenvalue weighted by molar-refractivity contribution is 6.12. The lowest BCUT2D eigenvalue weighted by Gasteiger charge is -2.24. The Morgan fingerprint density at radius 2 is 1.64 bits per heavy atom. The summed E-state index contributed by atoms with van der Waals surface area (Å²) in [5.74, 6) is 0.461. The maximum absolute atomic E-state index is 8.69. The third kappa shape index (κ3) is 2.30. The van der Waals surface area contributed by atoms with E-state index >= 15 is 0 Å². The predicted octanol–water partition coefficient (Wildman–Crippen LogP) is 5.09. The Kier molecular flexibility index (Phi) is 3.27. The van der Waals surface area contributed by atoms with Gasteiger partial charge in [-0.2, -0.15) is 0 Å². The van der Waals surface area contributed by atoms with E-state index in [1.807, 2.05) is 0 Å². The summed E-state index contributed by atoms with van der Waals surface area (Å²) in [4.78, 5) is 2.08. The molecule has 0 unspecified atom stereocenters.